The van der Waals surface area contributed by atoms with Crippen LogP contribution in [0.2, 0.25) is 0 Å². The molecule has 1 atom stereocenters. The van der Waals surface area contributed by atoms with Gasteiger partial charge >= 0.3 is 0 Å². The summed E-state index contributed by atoms with van der Waals surface area (Å²) in [5.74, 6) is 2.13. The van der Waals surface area contributed by atoms with Crippen LogP contribution in [0.25, 0.3) is 0 Å². The summed E-state index contributed by atoms with van der Waals surface area (Å²) in [6, 6.07) is 0. The third kappa shape index (κ3) is 6.05. The maximum atomic E-state index is 9.08. The summed E-state index contributed by atoms with van der Waals surface area (Å²) in [5.41, 5.74) is 0. The minimum Gasteiger partial charge on any atom is -0.392 e. The Kier molecular flexibility index (Phi) is 6.35. The first kappa shape index (κ1) is 12.9. The Balaban J connectivity index is 3.70. The van der Waals surface area contributed by atoms with E-state index < -0.39 is 0 Å². The fourth-order valence-corrected chi connectivity index (χ4v) is 1.70. The molecule has 0 aliphatic heterocycles. The van der Waals surface area contributed by atoms with Crippen molar-refractivity contribution in [2.24, 2.45) is 17.8 Å². The van der Waals surface area contributed by atoms with Gasteiger partial charge in [0.2, 0.25) is 0 Å². The van der Waals surface area contributed by atoms with Gasteiger partial charge in [-0.1, -0.05) is 27.7 Å². The van der Waals surface area contributed by atoms with Gasteiger partial charge in [0.05, 0.1) is 6.10 Å². The van der Waals surface area contributed by atoms with Crippen LogP contribution in [0.1, 0.15) is 34.6 Å². The molecule has 0 rings (SSSR count). The molecule has 0 fully saturated rings. The number of nitrogens with one attached hydrogen (secondary N) is 1. The van der Waals surface area contributed by atoms with Crippen LogP contribution in [0.3, 0.4) is 0 Å². The van der Waals surface area contributed by atoms with Crippen molar-refractivity contribution >= 4 is 0 Å². The molecule has 0 heterocycles. The van der Waals surface area contributed by atoms with E-state index in [1.54, 1.807) is 0 Å². The quantitative estimate of drug-likeness (QED) is 0.665. The molecule has 0 aromatic rings. The Labute approximate surface area is 82.7 Å². The van der Waals surface area contributed by atoms with Crippen LogP contribution < -0.4 is 5.32 Å². The van der Waals surface area contributed by atoms with Gasteiger partial charge < -0.3 is 10.4 Å². The molecule has 0 aliphatic carbocycles. The Morgan fingerprint density at radius 1 is 0.923 bits per heavy atom. The topological polar surface area (TPSA) is 32.3 Å². The van der Waals surface area contributed by atoms with Crippen molar-refractivity contribution in [3.63, 3.8) is 0 Å². The van der Waals surface area contributed by atoms with Crippen molar-refractivity contribution in [3.05, 3.63) is 0 Å². The Bertz CT molecular complexity index is 113. The van der Waals surface area contributed by atoms with Gasteiger partial charge in [0.1, 0.15) is 0 Å². The molecular weight excluding hydrogens is 162 g/mol. The number of aliphatic hydroxyl groups is 1. The van der Waals surface area contributed by atoms with E-state index in [1.165, 1.54) is 0 Å². The van der Waals surface area contributed by atoms with Crippen molar-refractivity contribution in [1.82, 2.24) is 5.32 Å². The summed E-state index contributed by atoms with van der Waals surface area (Å²) in [7, 11) is 0. The lowest BCUT2D eigenvalue weighted by molar-refractivity contribution is 0.182. The maximum absolute atomic E-state index is 9.08. The summed E-state index contributed by atoms with van der Waals surface area (Å²) in [5, 5.41) is 12.4. The second-order valence-corrected chi connectivity index (χ2v) is 4.66. The van der Waals surface area contributed by atoms with Gasteiger partial charge in [-0.05, 0) is 31.2 Å². The van der Waals surface area contributed by atoms with Gasteiger partial charge in [0.15, 0.2) is 0 Å². The molecule has 2 heteroatoms. The van der Waals surface area contributed by atoms with Crippen molar-refractivity contribution < 1.29 is 5.11 Å². The average molecular weight is 187 g/mol. The van der Waals surface area contributed by atoms with Crippen LogP contribution in [0.15, 0.2) is 0 Å². The summed E-state index contributed by atoms with van der Waals surface area (Å²) < 4.78 is 0. The summed E-state index contributed by atoms with van der Waals surface area (Å²) in [4.78, 5) is 0. The Morgan fingerprint density at radius 3 is 1.69 bits per heavy atom. The highest BCUT2D eigenvalue weighted by Gasteiger charge is 2.16. The molecule has 0 radical (unpaired) electrons. The third-order valence-electron chi connectivity index (χ3n) is 2.53. The lowest BCUT2D eigenvalue weighted by Gasteiger charge is -2.25. The molecule has 0 saturated heterocycles. The largest absolute Gasteiger partial charge is 0.392 e. The fraction of sp³-hybridized carbons (Fsp3) is 1.00. The molecular formula is C11H25NO. The monoisotopic (exact) mass is 187 g/mol. The van der Waals surface area contributed by atoms with Crippen LogP contribution >= 0.6 is 0 Å². The lowest BCUT2D eigenvalue weighted by Crippen LogP contribution is -2.33. The number of rotatable bonds is 6. The highest BCUT2D eigenvalue weighted by molar-refractivity contribution is 4.69. The van der Waals surface area contributed by atoms with Gasteiger partial charge in [-0.15, -0.1) is 0 Å². The second kappa shape index (κ2) is 6.39. The third-order valence-corrected chi connectivity index (χ3v) is 2.53. The van der Waals surface area contributed by atoms with E-state index in [0.717, 1.165) is 6.54 Å². The Hall–Kier alpha value is -0.0800. The molecule has 0 bridgehead atoms. The number of aliphatic hydroxyl groups excluding tert-OH is 1. The van der Waals surface area contributed by atoms with Gasteiger partial charge in [-0.3, -0.25) is 0 Å². The molecule has 0 spiro atoms. The minimum absolute atomic E-state index is 0.236. The highest BCUT2D eigenvalue weighted by Crippen LogP contribution is 2.19. The first-order valence-corrected chi connectivity index (χ1v) is 5.34. The van der Waals surface area contributed by atoms with Crippen LogP contribution in [0.5, 0.6) is 0 Å². The van der Waals surface area contributed by atoms with Crippen LogP contribution in [-0.2, 0) is 0 Å². The molecule has 2 N–H and O–H groups in total. The smallest absolute Gasteiger partial charge is 0.0636 e. The van der Waals surface area contributed by atoms with E-state index in [1.807, 2.05) is 6.92 Å². The van der Waals surface area contributed by atoms with Crippen molar-refractivity contribution in [2.45, 2.75) is 40.7 Å². The van der Waals surface area contributed by atoms with Gasteiger partial charge in [0.25, 0.3) is 0 Å². The van der Waals surface area contributed by atoms with E-state index in [0.29, 0.717) is 24.3 Å². The summed E-state index contributed by atoms with van der Waals surface area (Å²) in [6.45, 7) is 12.6. The lowest BCUT2D eigenvalue weighted by atomic mass is 9.85. The van der Waals surface area contributed by atoms with Crippen LogP contribution in [0, 0.1) is 17.8 Å². The molecule has 0 aromatic heterocycles. The normalized spacial score (nSPS) is 14.5. The zero-order valence-corrected chi connectivity index (χ0v) is 9.67. The first-order chi connectivity index (χ1) is 5.95. The SMILES string of the molecule is CC(C)C(CNC[C@H](C)O)C(C)C. The number of hydrogen-bond acceptors (Lipinski definition) is 2. The summed E-state index contributed by atoms with van der Waals surface area (Å²) >= 11 is 0. The zero-order chi connectivity index (χ0) is 10.4. The molecule has 13 heavy (non-hydrogen) atoms. The summed E-state index contributed by atoms with van der Waals surface area (Å²) in [6.07, 6.45) is -0.236. The van der Waals surface area contributed by atoms with E-state index in [4.69, 9.17) is 5.11 Å². The van der Waals surface area contributed by atoms with E-state index in [9.17, 15) is 0 Å². The second-order valence-electron chi connectivity index (χ2n) is 4.66. The van der Waals surface area contributed by atoms with Gasteiger partial charge in [-0.25, -0.2) is 0 Å². The van der Waals surface area contributed by atoms with E-state index in [2.05, 4.69) is 33.0 Å². The first-order valence-electron chi connectivity index (χ1n) is 5.34. The highest BCUT2D eigenvalue weighted by atomic mass is 16.3. The standard InChI is InChI=1S/C11H25NO/c1-8(2)11(9(3)4)7-12-6-10(5)13/h8-13H,6-7H2,1-5H3/t10-/m0/s1. The van der Waals surface area contributed by atoms with Crippen LogP contribution in [-0.4, -0.2) is 24.3 Å². The average Bonchev–Trinajstić information content (AvgIpc) is 1.95. The molecule has 0 aliphatic rings. The van der Waals surface area contributed by atoms with Crippen LogP contribution in [0.4, 0.5) is 0 Å². The predicted octanol–water partition coefficient (Wildman–Crippen LogP) is 1.88. The minimum atomic E-state index is -0.236. The maximum Gasteiger partial charge on any atom is 0.0636 e. The van der Waals surface area contributed by atoms with Crippen molar-refractivity contribution in [2.75, 3.05) is 13.1 Å². The molecule has 0 amide bonds. The molecule has 2 nitrogen and oxygen atoms in total. The molecule has 0 aromatic carbocycles. The Morgan fingerprint density at radius 2 is 1.38 bits per heavy atom. The molecule has 0 unspecified atom stereocenters. The zero-order valence-electron chi connectivity index (χ0n) is 9.67. The number of hydrogen-bond donors (Lipinski definition) is 2. The molecule has 80 valence electrons. The fourth-order valence-electron chi connectivity index (χ4n) is 1.70. The van der Waals surface area contributed by atoms with E-state index in [-0.39, 0.29) is 6.10 Å². The molecule has 0 saturated carbocycles. The van der Waals surface area contributed by atoms with E-state index >= 15 is 0 Å². The van der Waals surface area contributed by atoms with Crippen molar-refractivity contribution in [3.8, 4) is 0 Å². The van der Waals surface area contributed by atoms with Gasteiger partial charge in [-0.2, -0.15) is 0 Å². The predicted molar refractivity (Wildman–Crippen MR) is 57.7 cm³/mol. The van der Waals surface area contributed by atoms with Gasteiger partial charge in [0, 0.05) is 6.54 Å². The van der Waals surface area contributed by atoms with Crippen molar-refractivity contribution in [1.29, 1.82) is 0 Å².